The van der Waals surface area contributed by atoms with Crippen LogP contribution in [0.2, 0.25) is 0 Å². The molecule has 0 amide bonds. The summed E-state index contributed by atoms with van der Waals surface area (Å²) in [4.78, 5) is 0. The van der Waals surface area contributed by atoms with Crippen LogP contribution in [-0.4, -0.2) is 6.54 Å². The Morgan fingerprint density at radius 3 is 2.00 bits per heavy atom. The third-order valence-corrected chi connectivity index (χ3v) is 1.06. The van der Waals surface area contributed by atoms with Gasteiger partial charge in [-0.05, 0) is 13.0 Å². The van der Waals surface area contributed by atoms with Gasteiger partial charge < -0.3 is 5.73 Å². The summed E-state index contributed by atoms with van der Waals surface area (Å²) in [6.45, 7) is 3.07. The molecule has 3 heteroatoms. The minimum atomic E-state index is 0. The Morgan fingerprint density at radius 1 is 1.11 bits per heavy atom. The molecule has 0 spiro atoms. The second kappa shape index (κ2) is 16.0. The largest absolute Gasteiger partial charge is 0.330 e. The van der Waals surface area contributed by atoms with Crippen molar-refractivity contribution in [2.75, 3.05) is 6.54 Å². The summed E-state index contributed by atoms with van der Waals surface area (Å²) in [7, 11) is 0. The van der Waals surface area contributed by atoms with Gasteiger partial charge in [-0.1, -0.05) is 26.2 Å². The molecule has 0 aromatic carbocycles. The smallest absolute Gasteiger partial charge is 0 e. The molecule has 0 saturated carbocycles. The molecule has 0 saturated heterocycles. The van der Waals surface area contributed by atoms with Gasteiger partial charge in [-0.15, -0.1) is 17.0 Å². The van der Waals surface area contributed by atoms with Crippen LogP contribution in [-0.2, 0) is 16.5 Å². The molecule has 62 valence electrons. The first-order valence-corrected chi connectivity index (χ1v) is 3.12. The Morgan fingerprint density at radius 2 is 1.67 bits per heavy atom. The van der Waals surface area contributed by atoms with E-state index in [1.165, 1.54) is 25.7 Å². The van der Waals surface area contributed by atoms with E-state index in [-0.39, 0.29) is 33.5 Å². The van der Waals surface area contributed by atoms with Crippen molar-refractivity contribution in [3.8, 4) is 0 Å². The molecule has 0 atom stereocenters. The van der Waals surface area contributed by atoms with E-state index in [0.29, 0.717) is 0 Å². The zero-order valence-corrected chi connectivity index (χ0v) is 8.54. The summed E-state index contributed by atoms with van der Waals surface area (Å²) in [6.07, 6.45) is 5.16. The van der Waals surface area contributed by atoms with Gasteiger partial charge in [0, 0.05) is 16.5 Å². The quantitative estimate of drug-likeness (QED) is 0.591. The van der Waals surface area contributed by atoms with Gasteiger partial charge in [-0.25, -0.2) is 0 Å². The summed E-state index contributed by atoms with van der Waals surface area (Å²) in [5, 5.41) is 0. The van der Waals surface area contributed by atoms with Gasteiger partial charge in [0.15, 0.2) is 0 Å². The first-order valence-electron chi connectivity index (χ1n) is 3.12. The number of nitrogens with two attached hydrogens (primary N) is 1. The SMILES string of the molecule is Br.CCCCCCN.[Ni]. The maximum Gasteiger partial charge on any atom is 0 e. The average molecular weight is 241 g/mol. The monoisotopic (exact) mass is 239 g/mol. The van der Waals surface area contributed by atoms with E-state index in [4.69, 9.17) is 5.73 Å². The van der Waals surface area contributed by atoms with Crippen LogP contribution in [0.1, 0.15) is 32.6 Å². The molecule has 0 rings (SSSR count). The fraction of sp³-hybridized carbons (Fsp3) is 1.00. The van der Waals surface area contributed by atoms with Crippen molar-refractivity contribution in [3.63, 3.8) is 0 Å². The van der Waals surface area contributed by atoms with Gasteiger partial charge in [0.1, 0.15) is 0 Å². The molecule has 0 aliphatic heterocycles. The number of unbranched alkanes of at least 4 members (excludes halogenated alkanes) is 3. The Balaban J connectivity index is -0.000000180. The fourth-order valence-electron chi connectivity index (χ4n) is 0.571. The summed E-state index contributed by atoms with van der Waals surface area (Å²) in [6, 6.07) is 0. The average Bonchev–Trinajstić information content (AvgIpc) is 1.69. The standard InChI is InChI=1S/C6H15N.BrH.Ni/c1-2-3-4-5-6-7;;/h2-7H2,1H3;1H;. The molecule has 0 heterocycles. The molecule has 0 bridgehead atoms. The predicted octanol–water partition coefficient (Wildman–Crippen LogP) is 2.10. The molecule has 0 fully saturated rings. The Bertz CT molecular complexity index is 32.2. The van der Waals surface area contributed by atoms with E-state index < -0.39 is 0 Å². The molecular weight excluding hydrogens is 225 g/mol. The second-order valence-corrected chi connectivity index (χ2v) is 1.85. The van der Waals surface area contributed by atoms with E-state index in [1.807, 2.05) is 0 Å². The first kappa shape index (κ1) is 16.5. The second-order valence-electron chi connectivity index (χ2n) is 1.85. The van der Waals surface area contributed by atoms with Gasteiger partial charge >= 0.3 is 0 Å². The fourth-order valence-corrected chi connectivity index (χ4v) is 0.571. The van der Waals surface area contributed by atoms with Crippen molar-refractivity contribution in [2.24, 2.45) is 5.73 Å². The van der Waals surface area contributed by atoms with Gasteiger partial charge in [-0.3, -0.25) is 0 Å². The summed E-state index contributed by atoms with van der Waals surface area (Å²) in [5.41, 5.74) is 5.27. The first-order chi connectivity index (χ1) is 3.41. The van der Waals surface area contributed by atoms with E-state index in [0.717, 1.165) is 6.54 Å². The minimum Gasteiger partial charge on any atom is -0.330 e. The zero-order chi connectivity index (χ0) is 5.54. The van der Waals surface area contributed by atoms with E-state index in [9.17, 15) is 0 Å². The van der Waals surface area contributed by atoms with Crippen LogP contribution in [0.15, 0.2) is 0 Å². The Hall–Kier alpha value is 0.934. The molecular formula is C6H16BrNNi. The van der Waals surface area contributed by atoms with Gasteiger partial charge in [-0.2, -0.15) is 0 Å². The third-order valence-electron chi connectivity index (χ3n) is 1.06. The molecule has 0 unspecified atom stereocenters. The summed E-state index contributed by atoms with van der Waals surface area (Å²) in [5.74, 6) is 0. The molecule has 0 aliphatic rings. The van der Waals surface area contributed by atoms with Gasteiger partial charge in [0.25, 0.3) is 0 Å². The summed E-state index contributed by atoms with van der Waals surface area (Å²) >= 11 is 0. The van der Waals surface area contributed by atoms with Crippen molar-refractivity contribution in [2.45, 2.75) is 32.6 Å². The molecule has 0 aliphatic carbocycles. The van der Waals surface area contributed by atoms with Crippen LogP contribution in [0.25, 0.3) is 0 Å². The van der Waals surface area contributed by atoms with Crippen molar-refractivity contribution >= 4 is 17.0 Å². The van der Waals surface area contributed by atoms with Crippen molar-refractivity contribution in [1.82, 2.24) is 0 Å². The van der Waals surface area contributed by atoms with Crippen molar-refractivity contribution in [3.05, 3.63) is 0 Å². The summed E-state index contributed by atoms with van der Waals surface area (Å²) < 4.78 is 0. The number of halogens is 1. The number of rotatable bonds is 4. The van der Waals surface area contributed by atoms with Crippen LogP contribution in [0.5, 0.6) is 0 Å². The third kappa shape index (κ3) is 17.6. The maximum absolute atomic E-state index is 5.27. The van der Waals surface area contributed by atoms with Crippen LogP contribution in [0, 0.1) is 0 Å². The topological polar surface area (TPSA) is 26.0 Å². The maximum atomic E-state index is 5.27. The van der Waals surface area contributed by atoms with Gasteiger partial charge in [0.2, 0.25) is 0 Å². The molecule has 2 N–H and O–H groups in total. The minimum absolute atomic E-state index is 0. The number of hydrogen-bond acceptors (Lipinski definition) is 1. The van der Waals surface area contributed by atoms with Gasteiger partial charge in [0.05, 0.1) is 0 Å². The molecule has 9 heavy (non-hydrogen) atoms. The zero-order valence-electron chi connectivity index (χ0n) is 5.84. The normalized spacial score (nSPS) is 7.33. The van der Waals surface area contributed by atoms with Crippen molar-refractivity contribution in [1.29, 1.82) is 0 Å². The van der Waals surface area contributed by atoms with Crippen molar-refractivity contribution < 1.29 is 16.5 Å². The van der Waals surface area contributed by atoms with E-state index >= 15 is 0 Å². The molecule has 0 aromatic rings. The molecule has 0 aromatic heterocycles. The molecule has 1 nitrogen and oxygen atoms in total. The Kier molecular flexibility index (Phi) is 29.3. The van der Waals surface area contributed by atoms with Crippen LogP contribution >= 0.6 is 17.0 Å². The Labute approximate surface area is 78.5 Å². The van der Waals surface area contributed by atoms with E-state index in [2.05, 4.69) is 6.92 Å². The van der Waals surface area contributed by atoms with Crippen LogP contribution < -0.4 is 5.73 Å². The van der Waals surface area contributed by atoms with Crippen LogP contribution in [0.4, 0.5) is 0 Å². The number of hydrogen-bond donors (Lipinski definition) is 1. The predicted molar refractivity (Wildman–Crippen MR) is 43.5 cm³/mol. The van der Waals surface area contributed by atoms with Crippen LogP contribution in [0.3, 0.4) is 0 Å². The van der Waals surface area contributed by atoms with E-state index in [1.54, 1.807) is 0 Å². The molecule has 0 radical (unpaired) electrons.